The number of halogens is 3. The second kappa shape index (κ2) is 7.26. The van der Waals surface area contributed by atoms with E-state index in [0.717, 1.165) is 6.07 Å². The van der Waals surface area contributed by atoms with Gasteiger partial charge in [0.05, 0.1) is 25.8 Å². The zero-order valence-electron chi connectivity index (χ0n) is 14.2. The van der Waals surface area contributed by atoms with Crippen LogP contribution in [0, 0.1) is 0 Å². The number of rotatable bonds is 4. The van der Waals surface area contributed by atoms with E-state index in [-0.39, 0.29) is 24.9 Å². The third-order valence-corrected chi connectivity index (χ3v) is 3.99. The van der Waals surface area contributed by atoms with Gasteiger partial charge in [-0.15, -0.1) is 0 Å². The summed E-state index contributed by atoms with van der Waals surface area (Å²) in [7, 11) is 1.26. The summed E-state index contributed by atoms with van der Waals surface area (Å²) in [6.07, 6.45) is -4.98. The first-order valence-electron chi connectivity index (χ1n) is 7.96. The molecule has 2 heterocycles. The standard InChI is InChI=1S/C18H15F3N2O4/c1-26-17(25)12-7-5-11(6-8-12)16(24)23-9-13(10-23)27-15-4-2-3-14(22-15)18(19,20)21/h2-8,13H,9-10H2,1H3. The van der Waals surface area contributed by atoms with Crippen LogP contribution >= 0.6 is 0 Å². The van der Waals surface area contributed by atoms with Crippen LogP contribution in [0.2, 0.25) is 0 Å². The minimum atomic E-state index is -4.54. The molecular formula is C18H15F3N2O4. The van der Waals surface area contributed by atoms with Gasteiger partial charge in [-0.2, -0.15) is 13.2 Å². The van der Waals surface area contributed by atoms with E-state index in [1.807, 2.05) is 0 Å². The maximum absolute atomic E-state index is 12.7. The Hall–Kier alpha value is -3.10. The summed E-state index contributed by atoms with van der Waals surface area (Å²) in [5.41, 5.74) is -0.314. The topological polar surface area (TPSA) is 68.7 Å². The summed E-state index contributed by atoms with van der Waals surface area (Å²) >= 11 is 0. The molecule has 1 aliphatic rings. The van der Waals surface area contributed by atoms with Crippen LogP contribution in [0.25, 0.3) is 0 Å². The summed E-state index contributed by atoms with van der Waals surface area (Å²) in [5.74, 6) is -0.896. The van der Waals surface area contributed by atoms with Gasteiger partial charge < -0.3 is 14.4 Å². The van der Waals surface area contributed by atoms with Crippen molar-refractivity contribution in [2.45, 2.75) is 12.3 Å². The minimum Gasteiger partial charge on any atom is -0.471 e. The first kappa shape index (κ1) is 18.7. The average Bonchev–Trinajstić information content (AvgIpc) is 2.63. The Morgan fingerprint density at radius 2 is 1.70 bits per heavy atom. The molecule has 0 spiro atoms. The van der Waals surface area contributed by atoms with Crippen LogP contribution in [0.5, 0.6) is 5.88 Å². The summed E-state index contributed by atoms with van der Waals surface area (Å²) in [6, 6.07) is 9.41. The second-order valence-electron chi connectivity index (χ2n) is 5.88. The number of methoxy groups -OCH3 is 1. The number of hydrogen-bond acceptors (Lipinski definition) is 5. The zero-order chi connectivity index (χ0) is 19.6. The van der Waals surface area contributed by atoms with Gasteiger partial charge in [-0.3, -0.25) is 4.79 Å². The third-order valence-electron chi connectivity index (χ3n) is 3.99. The molecule has 9 heteroatoms. The number of likely N-dealkylation sites (tertiary alicyclic amines) is 1. The highest BCUT2D eigenvalue weighted by Crippen LogP contribution is 2.29. The van der Waals surface area contributed by atoms with E-state index in [1.165, 1.54) is 48.4 Å². The van der Waals surface area contributed by atoms with Gasteiger partial charge in [0.15, 0.2) is 0 Å². The maximum Gasteiger partial charge on any atom is 0.433 e. The number of benzene rings is 1. The fourth-order valence-corrected chi connectivity index (χ4v) is 2.54. The van der Waals surface area contributed by atoms with Crippen LogP contribution in [0.3, 0.4) is 0 Å². The molecule has 1 amide bonds. The molecule has 0 saturated carbocycles. The number of amides is 1. The predicted octanol–water partition coefficient (Wildman–Crippen LogP) is 2.79. The van der Waals surface area contributed by atoms with Crippen molar-refractivity contribution in [1.29, 1.82) is 0 Å². The highest BCUT2D eigenvalue weighted by Gasteiger charge is 2.35. The number of carbonyl (C=O) groups excluding carboxylic acids is 2. The van der Waals surface area contributed by atoms with Gasteiger partial charge >= 0.3 is 12.1 Å². The Morgan fingerprint density at radius 1 is 1.07 bits per heavy atom. The predicted molar refractivity (Wildman–Crippen MR) is 87.3 cm³/mol. The third kappa shape index (κ3) is 4.18. The van der Waals surface area contributed by atoms with E-state index in [1.54, 1.807) is 0 Å². The van der Waals surface area contributed by atoms with E-state index in [0.29, 0.717) is 11.1 Å². The van der Waals surface area contributed by atoms with Crippen LogP contribution in [0.15, 0.2) is 42.5 Å². The highest BCUT2D eigenvalue weighted by atomic mass is 19.4. The number of ether oxygens (including phenoxy) is 2. The molecule has 2 aromatic rings. The van der Waals surface area contributed by atoms with E-state index >= 15 is 0 Å². The monoisotopic (exact) mass is 380 g/mol. The average molecular weight is 380 g/mol. The van der Waals surface area contributed by atoms with Crippen molar-refractivity contribution in [3.8, 4) is 5.88 Å². The zero-order valence-corrected chi connectivity index (χ0v) is 14.2. The fraction of sp³-hybridized carbons (Fsp3) is 0.278. The fourth-order valence-electron chi connectivity index (χ4n) is 2.54. The number of nitrogens with zero attached hydrogens (tertiary/aromatic N) is 2. The Balaban J connectivity index is 1.56. The van der Waals surface area contributed by atoms with E-state index < -0.39 is 23.9 Å². The number of hydrogen-bond donors (Lipinski definition) is 0. The van der Waals surface area contributed by atoms with Crippen LogP contribution < -0.4 is 4.74 Å². The lowest BCUT2D eigenvalue weighted by molar-refractivity contribution is -0.141. The Kier molecular flexibility index (Phi) is 5.02. The number of alkyl halides is 3. The van der Waals surface area contributed by atoms with Gasteiger partial charge in [0.1, 0.15) is 11.8 Å². The van der Waals surface area contributed by atoms with Crippen molar-refractivity contribution in [2.75, 3.05) is 20.2 Å². The molecule has 1 saturated heterocycles. The van der Waals surface area contributed by atoms with Gasteiger partial charge in [0, 0.05) is 11.6 Å². The lowest BCUT2D eigenvalue weighted by atomic mass is 10.1. The summed E-state index contributed by atoms with van der Waals surface area (Å²) in [6.45, 7) is 0.463. The van der Waals surface area contributed by atoms with Crippen LogP contribution in [-0.2, 0) is 10.9 Å². The van der Waals surface area contributed by atoms with Gasteiger partial charge in [0.2, 0.25) is 5.88 Å². The van der Waals surface area contributed by atoms with Crippen molar-refractivity contribution in [3.05, 3.63) is 59.3 Å². The van der Waals surface area contributed by atoms with Gasteiger partial charge in [-0.25, -0.2) is 9.78 Å². The van der Waals surface area contributed by atoms with Crippen LogP contribution in [0.4, 0.5) is 13.2 Å². The maximum atomic E-state index is 12.7. The smallest absolute Gasteiger partial charge is 0.433 e. The van der Waals surface area contributed by atoms with Crippen LogP contribution in [-0.4, -0.2) is 48.1 Å². The molecule has 0 atom stereocenters. The molecule has 0 N–H and O–H groups in total. The summed E-state index contributed by atoms with van der Waals surface area (Å²) < 4.78 is 48.0. The van der Waals surface area contributed by atoms with Crippen molar-refractivity contribution in [3.63, 3.8) is 0 Å². The molecule has 1 aromatic heterocycles. The minimum absolute atomic E-state index is 0.135. The molecular weight excluding hydrogens is 365 g/mol. The summed E-state index contributed by atoms with van der Waals surface area (Å²) in [4.78, 5) is 28.7. The second-order valence-corrected chi connectivity index (χ2v) is 5.88. The first-order valence-corrected chi connectivity index (χ1v) is 7.96. The van der Waals surface area contributed by atoms with Crippen molar-refractivity contribution in [2.24, 2.45) is 0 Å². The molecule has 0 radical (unpaired) electrons. The van der Waals surface area contributed by atoms with Crippen LogP contribution in [0.1, 0.15) is 26.4 Å². The Morgan fingerprint density at radius 3 is 2.30 bits per heavy atom. The summed E-state index contributed by atoms with van der Waals surface area (Å²) in [5, 5.41) is 0. The number of aromatic nitrogens is 1. The molecule has 1 aromatic carbocycles. The molecule has 1 aliphatic heterocycles. The van der Waals surface area contributed by atoms with E-state index in [9.17, 15) is 22.8 Å². The van der Waals surface area contributed by atoms with Gasteiger partial charge in [-0.05, 0) is 30.3 Å². The number of carbonyl (C=O) groups is 2. The lowest BCUT2D eigenvalue weighted by Gasteiger charge is -2.38. The van der Waals surface area contributed by atoms with Gasteiger partial charge in [0.25, 0.3) is 5.91 Å². The van der Waals surface area contributed by atoms with Crippen molar-refractivity contribution < 1.29 is 32.2 Å². The number of esters is 1. The Bertz CT molecular complexity index is 846. The normalized spacial score (nSPS) is 14.4. The molecule has 0 unspecified atom stereocenters. The van der Waals surface area contributed by atoms with Crippen molar-refractivity contribution in [1.82, 2.24) is 9.88 Å². The molecule has 0 bridgehead atoms. The van der Waals surface area contributed by atoms with E-state index in [2.05, 4.69) is 9.72 Å². The lowest BCUT2D eigenvalue weighted by Crippen LogP contribution is -2.56. The molecule has 1 fully saturated rings. The quantitative estimate of drug-likeness (QED) is 0.763. The molecule has 27 heavy (non-hydrogen) atoms. The molecule has 142 valence electrons. The first-order chi connectivity index (χ1) is 12.8. The number of pyridine rings is 1. The highest BCUT2D eigenvalue weighted by molar-refractivity contribution is 5.96. The largest absolute Gasteiger partial charge is 0.471 e. The Labute approximate surface area is 152 Å². The van der Waals surface area contributed by atoms with Gasteiger partial charge in [-0.1, -0.05) is 6.07 Å². The molecule has 6 nitrogen and oxygen atoms in total. The SMILES string of the molecule is COC(=O)c1ccc(C(=O)N2CC(Oc3cccc(C(F)(F)F)n3)C2)cc1. The van der Waals surface area contributed by atoms with Crippen molar-refractivity contribution >= 4 is 11.9 Å². The van der Waals surface area contributed by atoms with E-state index in [4.69, 9.17) is 4.74 Å². The molecule has 3 rings (SSSR count). The molecule has 0 aliphatic carbocycles.